The van der Waals surface area contributed by atoms with Crippen LogP contribution in [0.2, 0.25) is 0 Å². The minimum Gasteiger partial charge on any atom is -0.288 e. The maximum absolute atomic E-state index is 13.1. The van der Waals surface area contributed by atoms with Crippen LogP contribution in [0, 0.1) is 10.1 Å². The molecule has 9 heteroatoms. The van der Waals surface area contributed by atoms with E-state index in [0.29, 0.717) is 5.56 Å². The monoisotopic (exact) mass is 331 g/mol. The highest BCUT2D eigenvalue weighted by Crippen LogP contribution is 2.30. The van der Waals surface area contributed by atoms with Crippen LogP contribution in [0.1, 0.15) is 24.8 Å². The van der Waals surface area contributed by atoms with E-state index in [-0.39, 0.29) is 37.9 Å². The number of hydrazine groups is 1. The molecule has 0 saturated carbocycles. The van der Waals surface area contributed by atoms with E-state index in [1.165, 1.54) is 12.1 Å². The van der Waals surface area contributed by atoms with E-state index in [4.69, 9.17) is 0 Å². The molecule has 1 fully saturated rings. The van der Waals surface area contributed by atoms with Crippen LogP contribution < -0.4 is 5.43 Å². The van der Waals surface area contributed by atoms with Crippen LogP contribution in [0.3, 0.4) is 0 Å². The highest BCUT2D eigenvalue weighted by atomic mass is 19.4. The van der Waals surface area contributed by atoms with Gasteiger partial charge >= 0.3 is 6.18 Å². The summed E-state index contributed by atoms with van der Waals surface area (Å²) in [6.45, 7) is 0.00843. The van der Waals surface area contributed by atoms with E-state index in [1.807, 2.05) is 0 Å². The number of nitro groups is 1. The number of nitrogens with zero attached hydrogens (tertiary/aromatic N) is 2. The minimum atomic E-state index is -4.47. The first-order valence-electron chi connectivity index (χ1n) is 7.14. The predicted molar refractivity (Wildman–Crippen MR) is 75.3 cm³/mol. The molecule has 1 atom stereocenters. The Balaban J connectivity index is 2.00. The fraction of sp³-hybridized carbons (Fsp3) is 0.500. The fourth-order valence-electron chi connectivity index (χ4n) is 2.61. The zero-order valence-electron chi connectivity index (χ0n) is 12.2. The van der Waals surface area contributed by atoms with Crippen LogP contribution >= 0.6 is 0 Å². The Morgan fingerprint density at radius 3 is 2.61 bits per heavy atom. The lowest BCUT2D eigenvalue weighted by molar-refractivity contribution is -0.385. The average molecular weight is 331 g/mol. The Morgan fingerprint density at radius 2 is 2.04 bits per heavy atom. The second kappa shape index (κ2) is 6.95. The molecule has 1 aromatic rings. The molecule has 2 rings (SSSR count). The Kier molecular flexibility index (Phi) is 5.19. The van der Waals surface area contributed by atoms with Gasteiger partial charge in [-0.1, -0.05) is 18.2 Å². The van der Waals surface area contributed by atoms with Crippen LogP contribution in [0.25, 0.3) is 0 Å². The van der Waals surface area contributed by atoms with Crippen molar-refractivity contribution < 1.29 is 22.9 Å². The van der Waals surface area contributed by atoms with Crippen molar-refractivity contribution in [3.8, 4) is 0 Å². The number of alkyl halides is 3. The van der Waals surface area contributed by atoms with E-state index in [1.54, 1.807) is 12.1 Å². The molecular formula is C14H16F3N3O3. The van der Waals surface area contributed by atoms with Gasteiger partial charge in [-0.2, -0.15) is 13.2 Å². The number of hydrogen-bond donors (Lipinski definition) is 1. The van der Waals surface area contributed by atoms with Gasteiger partial charge in [0.15, 0.2) is 0 Å². The van der Waals surface area contributed by atoms with Gasteiger partial charge in [-0.15, -0.1) is 0 Å². The van der Waals surface area contributed by atoms with Gasteiger partial charge in [0.1, 0.15) is 6.04 Å². The highest BCUT2D eigenvalue weighted by molar-refractivity contribution is 5.77. The van der Waals surface area contributed by atoms with Gasteiger partial charge in [0, 0.05) is 24.6 Å². The van der Waals surface area contributed by atoms with Crippen molar-refractivity contribution in [2.75, 3.05) is 6.54 Å². The van der Waals surface area contributed by atoms with E-state index in [9.17, 15) is 28.1 Å². The number of amides is 1. The van der Waals surface area contributed by atoms with Gasteiger partial charge in [0.2, 0.25) is 5.91 Å². The molecule has 1 aliphatic rings. The van der Waals surface area contributed by atoms with Gasteiger partial charge in [0.25, 0.3) is 5.69 Å². The number of halogens is 3. The van der Waals surface area contributed by atoms with Crippen molar-refractivity contribution in [3.63, 3.8) is 0 Å². The first-order chi connectivity index (χ1) is 10.8. The van der Waals surface area contributed by atoms with Crippen LogP contribution in [-0.4, -0.2) is 34.6 Å². The number of hydrogen-bond acceptors (Lipinski definition) is 4. The van der Waals surface area contributed by atoms with Gasteiger partial charge in [-0.25, -0.2) is 5.01 Å². The van der Waals surface area contributed by atoms with Gasteiger partial charge in [-0.3, -0.25) is 20.3 Å². The summed E-state index contributed by atoms with van der Waals surface area (Å²) in [5, 5.41) is 11.8. The SMILES string of the molecule is O=C1CCN(C(CCCc2ccccc2[N+](=O)[O-])C(F)(F)F)N1. The summed E-state index contributed by atoms with van der Waals surface area (Å²) in [6, 6.07) is 4.22. The highest BCUT2D eigenvalue weighted by Gasteiger charge is 2.45. The Bertz CT molecular complexity index is 592. The number of nitro benzene ring substituents is 1. The second-order valence-electron chi connectivity index (χ2n) is 5.31. The molecule has 1 amide bonds. The largest absolute Gasteiger partial charge is 0.405 e. The van der Waals surface area contributed by atoms with Crippen LogP contribution in [-0.2, 0) is 11.2 Å². The Morgan fingerprint density at radius 1 is 1.35 bits per heavy atom. The number of rotatable bonds is 6. The predicted octanol–water partition coefficient (Wildman–Crippen LogP) is 2.59. The van der Waals surface area contributed by atoms with E-state index in [0.717, 1.165) is 5.01 Å². The Hall–Kier alpha value is -2.16. The summed E-state index contributed by atoms with van der Waals surface area (Å²) in [7, 11) is 0. The summed E-state index contributed by atoms with van der Waals surface area (Å²) in [5.74, 6) is -0.432. The molecule has 1 aromatic carbocycles. The van der Waals surface area contributed by atoms with Gasteiger partial charge in [0.05, 0.1) is 4.92 Å². The number of nitrogens with one attached hydrogen (secondary N) is 1. The van der Waals surface area contributed by atoms with E-state index in [2.05, 4.69) is 5.43 Å². The van der Waals surface area contributed by atoms with Crippen molar-refractivity contribution in [2.45, 2.75) is 37.9 Å². The summed E-state index contributed by atoms with van der Waals surface area (Å²) in [6.07, 6.45) is -4.38. The Labute approximate surface area is 130 Å². The standard InChI is InChI=1S/C14H16F3N3O3/c15-14(16,17)12(19-9-8-13(21)18-19)7-3-5-10-4-1-2-6-11(10)20(22)23/h1-2,4,6,12H,3,5,7-9H2,(H,18,21). The molecule has 0 bridgehead atoms. The molecular weight excluding hydrogens is 315 g/mol. The van der Waals surface area contributed by atoms with Crippen LogP contribution in [0.5, 0.6) is 0 Å². The summed E-state index contributed by atoms with van der Waals surface area (Å²) < 4.78 is 39.4. The first kappa shape index (κ1) is 17.2. The number of carbonyl (C=O) groups excluding carboxylic acids is 1. The summed E-state index contributed by atoms with van der Waals surface area (Å²) in [5.41, 5.74) is 2.52. The number of benzene rings is 1. The second-order valence-corrected chi connectivity index (χ2v) is 5.31. The summed E-state index contributed by atoms with van der Waals surface area (Å²) >= 11 is 0. The van der Waals surface area contributed by atoms with E-state index >= 15 is 0 Å². The normalized spacial score (nSPS) is 17.1. The minimum absolute atomic E-state index is 0.00843. The fourth-order valence-corrected chi connectivity index (χ4v) is 2.61. The maximum Gasteiger partial charge on any atom is 0.405 e. The number of para-hydroxylation sites is 1. The molecule has 23 heavy (non-hydrogen) atoms. The maximum atomic E-state index is 13.1. The molecule has 1 N–H and O–H groups in total. The first-order valence-corrected chi connectivity index (χ1v) is 7.14. The van der Waals surface area contributed by atoms with Crippen molar-refractivity contribution in [1.29, 1.82) is 0 Å². The van der Waals surface area contributed by atoms with Crippen molar-refractivity contribution in [2.24, 2.45) is 0 Å². The van der Waals surface area contributed by atoms with Gasteiger partial charge in [-0.05, 0) is 19.3 Å². The average Bonchev–Trinajstić information content (AvgIpc) is 2.88. The molecule has 0 spiro atoms. The third-order valence-corrected chi connectivity index (χ3v) is 3.71. The molecule has 1 unspecified atom stereocenters. The van der Waals surface area contributed by atoms with Crippen molar-refractivity contribution in [1.82, 2.24) is 10.4 Å². The molecule has 1 heterocycles. The number of carbonyl (C=O) groups is 1. The van der Waals surface area contributed by atoms with E-state index < -0.39 is 23.0 Å². The molecule has 126 valence electrons. The molecule has 0 radical (unpaired) electrons. The molecule has 6 nitrogen and oxygen atoms in total. The molecule has 1 aliphatic heterocycles. The zero-order valence-corrected chi connectivity index (χ0v) is 12.2. The van der Waals surface area contributed by atoms with Crippen molar-refractivity contribution >= 4 is 11.6 Å². The zero-order chi connectivity index (χ0) is 17.0. The van der Waals surface area contributed by atoms with Gasteiger partial charge < -0.3 is 0 Å². The lowest BCUT2D eigenvalue weighted by Crippen LogP contribution is -2.49. The lowest BCUT2D eigenvalue weighted by Gasteiger charge is -2.28. The number of aryl methyl sites for hydroxylation is 1. The third kappa shape index (κ3) is 4.41. The third-order valence-electron chi connectivity index (χ3n) is 3.71. The quantitative estimate of drug-likeness (QED) is 0.642. The molecule has 0 aromatic heterocycles. The molecule has 0 aliphatic carbocycles. The topological polar surface area (TPSA) is 75.5 Å². The molecule has 1 saturated heterocycles. The van der Waals surface area contributed by atoms with Crippen LogP contribution in [0.15, 0.2) is 24.3 Å². The van der Waals surface area contributed by atoms with Crippen molar-refractivity contribution in [3.05, 3.63) is 39.9 Å². The lowest BCUT2D eigenvalue weighted by atomic mass is 10.0. The smallest absolute Gasteiger partial charge is 0.288 e. The van der Waals surface area contributed by atoms with Crippen LogP contribution in [0.4, 0.5) is 18.9 Å². The summed E-state index contributed by atoms with van der Waals surface area (Å²) in [4.78, 5) is 21.5.